The van der Waals surface area contributed by atoms with Gasteiger partial charge >= 0.3 is 0 Å². The lowest BCUT2D eigenvalue weighted by molar-refractivity contribution is -0.113. The average Bonchev–Trinajstić information content (AvgIpc) is 3.45. The minimum atomic E-state index is -0.234. The Morgan fingerprint density at radius 1 is 1.24 bits per heavy atom. The molecule has 8 nitrogen and oxygen atoms in total. The number of rotatable bonds is 6. The second kappa shape index (κ2) is 9.69. The van der Waals surface area contributed by atoms with Crippen LogP contribution in [0.25, 0.3) is 22.4 Å². The van der Waals surface area contributed by atoms with Gasteiger partial charge in [0.15, 0.2) is 11.0 Å². The third kappa shape index (κ3) is 4.29. The second-order valence-electron chi connectivity index (χ2n) is 8.50. The van der Waals surface area contributed by atoms with Crippen LogP contribution in [0.3, 0.4) is 0 Å². The number of nitrogens with zero attached hydrogens (tertiary/aromatic N) is 5. The lowest BCUT2D eigenvalue weighted by Gasteiger charge is -2.31. The van der Waals surface area contributed by atoms with Crippen LogP contribution < -0.4 is 5.32 Å². The summed E-state index contributed by atoms with van der Waals surface area (Å²) in [4.78, 5) is 17.1. The van der Waals surface area contributed by atoms with Gasteiger partial charge in [0.2, 0.25) is 11.7 Å². The number of carbonyl (C=O) groups is 1. The highest BCUT2D eigenvalue weighted by atomic mass is 32.2. The molecule has 9 heteroatoms. The number of hydrogen-bond acceptors (Lipinski definition) is 7. The number of para-hydroxylation sites is 1. The van der Waals surface area contributed by atoms with Crippen molar-refractivity contribution in [2.24, 2.45) is 5.92 Å². The van der Waals surface area contributed by atoms with E-state index in [0.29, 0.717) is 27.7 Å². The van der Waals surface area contributed by atoms with Crippen molar-refractivity contribution >= 4 is 34.3 Å². The summed E-state index contributed by atoms with van der Waals surface area (Å²) >= 11 is 1.35. The summed E-state index contributed by atoms with van der Waals surface area (Å²) in [7, 11) is 0. The van der Waals surface area contributed by atoms with Crippen molar-refractivity contribution in [3.63, 3.8) is 0 Å². The minimum absolute atomic E-state index is 0.0950. The summed E-state index contributed by atoms with van der Waals surface area (Å²) < 4.78 is 7.75. The van der Waals surface area contributed by atoms with Crippen LogP contribution in [-0.2, 0) is 4.79 Å². The fourth-order valence-corrected chi connectivity index (χ4v) is 5.39. The predicted molar refractivity (Wildman–Crippen MR) is 130 cm³/mol. The van der Waals surface area contributed by atoms with Crippen molar-refractivity contribution < 1.29 is 9.21 Å². The molecule has 4 aromatic rings. The Hall–Kier alpha value is -3.64. The van der Waals surface area contributed by atoms with E-state index in [2.05, 4.69) is 32.0 Å². The zero-order chi connectivity index (χ0) is 23.5. The Kier molecular flexibility index (Phi) is 6.32. The highest BCUT2D eigenvalue weighted by Gasteiger charge is 2.29. The van der Waals surface area contributed by atoms with Crippen LogP contribution in [0.2, 0.25) is 0 Å². The molecule has 5 rings (SSSR count). The fraction of sp³-hybridized carbons (Fsp3) is 0.320. The molecule has 0 radical (unpaired) electrons. The molecule has 1 saturated carbocycles. The van der Waals surface area contributed by atoms with Crippen molar-refractivity contribution in [3.05, 3.63) is 54.6 Å². The number of nitrogens with one attached hydrogen (secondary N) is 1. The van der Waals surface area contributed by atoms with Gasteiger partial charge in [-0.25, -0.2) is 0 Å². The van der Waals surface area contributed by atoms with Gasteiger partial charge in [-0.2, -0.15) is 5.26 Å². The predicted octanol–water partition coefficient (Wildman–Crippen LogP) is 5.44. The van der Waals surface area contributed by atoms with Gasteiger partial charge in [0.05, 0.1) is 5.75 Å². The Morgan fingerprint density at radius 2 is 2.09 bits per heavy atom. The number of hydrogen-bond donors (Lipinski definition) is 1. The van der Waals surface area contributed by atoms with Crippen LogP contribution >= 0.6 is 11.8 Å². The van der Waals surface area contributed by atoms with Crippen LogP contribution in [0.4, 0.5) is 5.69 Å². The quantitative estimate of drug-likeness (QED) is 0.372. The van der Waals surface area contributed by atoms with Gasteiger partial charge in [-0.3, -0.25) is 14.3 Å². The Balaban J connectivity index is 1.39. The van der Waals surface area contributed by atoms with Crippen molar-refractivity contribution in [3.8, 4) is 17.5 Å². The molecule has 0 bridgehead atoms. The summed E-state index contributed by atoms with van der Waals surface area (Å²) in [6.07, 6.45) is 8.13. The third-order valence-corrected chi connectivity index (χ3v) is 7.22. The maximum Gasteiger partial charge on any atom is 0.234 e. The number of thioether (sulfide) groups is 1. The summed E-state index contributed by atoms with van der Waals surface area (Å²) in [6.45, 7) is 2.27. The first-order chi connectivity index (χ1) is 16.7. The first kappa shape index (κ1) is 22.2. The van der Waals surface area contributed by atoms with Crippen molar-refractivity contribution in [1.29, 1.82) is 5.26 Å². The first-order valence-corrected chi connectivity index (χ1v) is 12.3. The SMILES string of the molecule is C[C@H]1CCCC[C@@H]1n1c(SCC(=O)Nc2c(C#N)oc3ccccc23)nnc1-c1cccnc1. The largest absolute Gasteiger partial charge is 0.443 e. The number of furan rings is 1. The number of pyridine rings is 1. The van der Waals surface area contributed by atoms with Gasteiger partial charge in [-0.15, -0.1) is 10.2 Å². The van der Waals surface area contributed by atoms with Crippen molar-refractivity contribution in [2.75, 3.05) is 11.1 Å². The van der Waals surface area contributed by atoms with Gasteiger partial charge in [-0.1, -0.05) is 43.7 Å². The van der Waals surface area contributed by atoms with Crippen LogP contribution in [0.5, 0.6) is 0 Å². The standard InChI is InChI=1S/C25H24N6O2S/c1-16-7-2-4-10-19(16)31-24(17-8-6-12-27-14-17)29-30-25(31)34-15-22(32)28-23-18-9-3-5-11-20(18)33-21(23)13-26/h3,5-6,8-9,11-12,14,16,19H,2,4,7,10,15H2,1H3,(H,28,32)/t16-,19-/m0/s1. The zero-order valence-corrected chi connectivity index (χ0v) is 19.6. The van der Waals surface area contributed by atoms with Crippen molar-refractivity contribution in [1.82, 2.24) is 19.7 Å². The van der Waals surface area contributed by atoms with Gasteiger partial charge in [0.25, 0.3) is 0 Å². The third-order valence-electron chi connectivity index (χ3n) is 6.28. The minimum Gasteiger partial charge on any atom is -0.443 e. The van der Waals surface area contributed by atoms with E-state index in [1.165, 1.54) is 18.2 Å². The highest BCUT2D eigenvalue weighted by molar-refractivity contribution is 7.99. The summed E-state index contributed by atoms with van der Waals surface area (Å²) in [5.41, 5.74) is 1.88. The molecule has 1 fully saturated rings. The van der Waals surface area contributed by atoms with Gasteiger partial charge in [0.1, 0.15) is 17.3 Å². The molecular formula is C25H24N6O2S. The lowest BCUT2D eigenvalue weighted by Crippen LogP contribution is -2.23. The average molecular weight is 473 g/mol. The van der Waals surface area contributed by atoms with Crippen LogP contribution in [0.1, 0.15) is 44.4 Å². The molecule has 34 heavy (non-hydrogen) atoms. The molecule has 3 heterocycles. The van der Waals surface area contributed by atoms with E-state index >= 15 is 0 Å². The van der Waals surface area contributed by atoms with E-state index in [1.54, 1.807) is 18.5 Å². The normalized spacial score (nSPS) is 18.0. The number of amides is 1. The molecule has 172 valence electrons. The van der Waals surface area contributed by atoms with E-state index in [0.717, 1.165) is 30.7 Å². The van der Waals surface area contributed by atoms with Crippen molar-refractivity contribution in [2.45, 2.75) is 43.8 Å². The summed E-state index contributed by atoms with van der Waals surface area (Å²) in [6, 6.07) is 13.4. The summed E-state index contributed by atoms with van der Waals surface area (Å²) in [5.74, 6) is 1.27. The molecule has 1 N–H and O–H groups in total. The molecule has 2 atom stereocenters. The maximum absolute atomic E-state index is 12.9. The highest BCUT2D eigenvalue weighted by Crippen LogP contribution is 2.39. The van der Waals surface area contributed by atoms with Gasteiger partial charge < -0.3 is 9.73 Å². The molecule has 1 aromatic carbocycles. The van der Waals surface area contributed by atoms with Crippen LogP contribution in [0.15, 0.2) is 58.4 Å². The molecule has 0 saturated heterocycles. The molecule has 0 unspecified atom stereocenters. The second-order valence-corrected chi connectivity index (χ2v) is 9.44. The Morgan fingerprint density at radius 3 is 2.88 bits per heavy atom. The number of carbonyl (C=O) groups excluding carboxylic acids is 1. The topological polar surface area (TPSA) is 110 Å². The molecule has 1 amide bonds. The number of anilines is 1. The molecular weight excluding hydrogens is 448 g/mol. The Bertz CT molecular complexity index is 1360. The lowest BCUT2D eigenvalue weighted by atomic mass is 9.85. The number of fused-ring (bicyclic) bond motifs is 1. The fourth-order valence-electron chi connectivity index (χ4n) is 4.60. The Labute approximate surface area is 201 Å². The molecule has 3 aromatic heterocycles. The summed E-state index contributed by atoms with van der Waals surface area (Å²) in [5, 5.41) is 22.6. The van der Waals surface area contributed by atoms with Gasteiger partial charge in [0, 0.05) is 29.4 Å². The molecule has 1 aliphatic carbocycles. The first-order valence-electron chi connectivity index (χ1n) is 11.3. The maximum atomic E-state index is 12.9. The monoisotopic (exact) mass is 472 g/mol. The van der Waals surface area contributed by atoms with E-state index in [1.807, 2.05) is 36.4 Å². The van der Waals surface area contributed by atoms with E-state index < -0.39 is 0 Å². The van der Waals surface area contributed by atoms with E-state index in [9.17, 15) is 10.1 Å². The number of aromatic nitrogens is 4. The van der Waals surface area contributed by atoms with Crippen LogP contribution in [0, 0.1) is 17.2 Å². The van der Waals surface area contributed by atoms with Gasteiger partial charge in [-0.05, 0) is 43.0 Å². The zero-order valence-electron chi connectivity index (χ0n) is 18.8. The molecule has 1 aliphatic rings. The van der Waals surface area contributed by atoms with E-state index in [4.69, 9.17) is 4.42 Å². The molecule has 0 spiro atoms. The van der Waals surface area contributed by atoms with E-state index in [-0.39, 0.29) is 23.5 Å². The number of benzene rings is 1. The number of nitriles is 1. The molecule has 0 aliphatic heterocycles. The smallest absolute Gasteiger partial charge is 0.234 e. The van der Waals surface area contributed by atoms with Crippen LogP contribution in [-0.4, -0.2) is 31.4 Å².